The zero-order valence-electron chi connectivity index (χ0n) is 11.6. The van der Waals surface area contributed by atoms with E-state index in [4.69, 9.17) is 15.5 Å². The molecule has 0 saturated heterocycles. The fourth-order valence-corrected chi connectivity index (χ4v) is 2.66. The second-order valence-corrected chi connectivity index (χ2v) is 5.24. The maximum atomic E-state index is 5.89. The summed E-state index contributed by atoms with van der Waals surface area (Å²) in [5.74, 6) is 0.706. The largest absolute Gasteiger partial charge is 0.473 e. The van der Waals surface area contributed by atoms with Crippen molar-refractivity contribution in [1.29, 1.82) is 0 Å². The molecule has 0 aliphatic heterocycles. The number of benzene rings is 1. The van der Waals surface area contributed by atoms with Crippen LogP contribution >= 0.6 is 0 Å². The van der Waals surface area contributed by atoms with Crippen LogP contribution in [0.4, 0.5) is 0 Å². The van der Waals surface area contributed by atoms with E-state index < -0.39 is 0 Å². The van der Waals surface area contributed by atoms with Gasteiger partial charge in [-0.2, -0.15) is 0 Å². The number of rotatable bonds is 4. The fraction of sp³-hybridized carbons (Fsp3) is 0.353. The van der Waals surface area contributed by atoms with Gasteiger partial charge < -0.3 is 10.5 Å². The van der Waals surface area contributed by atoms with Gasteiger partial charge in [0.1, 0.15) is 6.61 Å². The molecule has 2 aromatic rings. The van der Waals surface area contributed by atoms with E-state index in [-0.39, 0.29) is 0 Å². The molecule has 3 heteroatoms. The highest BCUT2D eigenvalue weighted by Crippen LogP contribution is 2.26. The fourth-order valence-electron chi connectivity index (χ4n) is 2.66. The molecule has 1 aliphatic rings. The van der Waals surface area contributed by atoms with Crippen LogP contribution in [-0.4, -0.2) is 4.98 Å². The van der Waals surface area contributed by atoms with Gasteiger partial charge in [-0.25, -0.2) is 4.98 Å². The lowest BCUT2D eigenvalue weighted by molar-refractivity contribution is 0.289. The van der Waals surface area contributed by atoms with Crippen molar-refractivity contribution in [3.63, 3.8) is 0 Å². The highest BCUT2D eigenvalue weighted by molar-refractivity contribution is 5.36. The molecular formula is C17H20N2O. The summed E-state index contributed by atoms with van der Waals surface area (Å²) in [4.78, 5) is 4.70. The van der Waals surface area contributed by atoms with E-state index in [2.05, 4.69) is 18.2 Å². The molecule has 1 heterocycles. The summed E-state index contributed by atoms with van der Waals surface area (Å²) >= 11 is 0. The topological polar surface area (TPSA) is 48.1 Å². The second-order valence-electron chi connectivity index (χ2n) is 5.24. The first kappa shape index (κ1) is 13.1. The first-order chi connectivity index (χ1) is 9.86. The monoisotopic (exact) mass is 268 g/mol. The van der Waals surface area contributed by atoms with Crippen molar-refractivity contribution in [3.05, 3.63) is 58.8 Å². The molecule has 0 atom stereocenters. The standard InChI is InChI=1S/C17H20N2O/c18-11-15-10-14-8-4-5-9-16(14)19-17(15)20-12-13-6-2-1-3-7-13/h1-3,6-7,10H,4-5,8-9,11-12,18H2. The third-order valence-corrected chi connectivity index (χ3v) is 3.78. The molecular weight excluding hydrogens is 248 g/mol. The number of aryl methyl sites for hydroxylation is 2. The van der Waals surface area contributed by atoms with Gasteiger partial charge >= 0.3 is 0 Å². The Labute approximate surface area is 119 Å². The minimum absolute atomic E-state index is 0.477. The molecule has 1 aliphatic carbocycles. The Hall–Kier alpha value is -1.87. The van der Waals surface area contributed by atoms with Gasteiger partial charge in [0.05, 0.1) is 0 Å². The average Bonchev–Trinajstić information content (AvgIpc) is 2.53. The van der Waals surface area contributed by atoms with Crippen molar-refractivity contribution in [3.8, 4) is 5.88 Å². The average molecular weight is 268 g/mol. The van der Waals surface area contributed by atoms with Crippen LogP contribution < -0.4 is 10.5 Å². The predicted molar refractivity (Wildman–Crippen MR) is 79.5 cm³/mol. The van der Waals surface area contributed by atoms with Gasteiger partial charge in [0.15, 0.2) is 0 Å². The van der Waals surface area contributed by atoms with E-state index in [9.17, 15) is 0 Å². The SMILES string of the molecule is NCc1cc2c(nc1OCc1ccccc1)CCCC2. The third kappa shape index (κ3) is 2.83. The number of aromatic nitrogens is 1. The van der Waals surface area contributed by atoms with Gasteiger partial charge in [0.25, 0.3) is 0 Å². The number of pyridine rings is 1. The Morgan fingerprint density at radius 2 is 1.90 bits per heavy atom. The van der Waals surface area contributed by atoms with E-state index in [0.29, 0.717) is 19.0 Å². The summed E-state index contributed by atoms with van der Waals surface area (Å²) in [6.07, 6.45) is 4.65. The van der Waals surface area contributed by atoms with Crippen LogP contribution in [0.25, 0.3) is 0 Å². The van der Waals surface area contributed by atoms with Crippen molar-refractivity contribution >= 4 is 0 Å². The lowest BCUT2D eigenvalue weighted by Crippen LogP contribution is -2.11. The molecule has 0 unspecified atom stereocenters. The van der Waals surface area contributed by atoms with Gasteiger partial charge in [-0.3, -0.25) is 0 Å². The lowest BCUT2D eigenvalue weighted by Gasteiger charge is -2.18. The Kier molecular flexibility index (Phi) is 3.97. The Morgan fingerprint density at radius 1 is 1.10 bits per heavy atom. The number of hydrogen-bond donors (Lipinski definition) is 1. The van der Waals surface area contributed by atoms with Crippen LogP contribution in [0.5, 0.6) is 5.88 Å². The van der Waals surface area contributed by atoms with Crippen molar-refractivity contribution in [2.24, 2.45) is 5.73 Å². The van der Waals surface area contributed by atoms with Crippen LogP contribution in [0.15, 0.2) is 36.4 Å². The molecule has 0 saturated carbocycles. The molecule has 1 aromatic carbocycles. The molecule has 20 heavy (non-hydrogen) atoms. The van der Waals surface area contributed by atoms with Gasteiger partial charge in [-0.1, -0.05) is 30.3 Å². The normalized spacial score (nSPS) is 13.8. The molecule has 3 nitrogen and oxygen atoms in total. The van der Waals surface area contributed by atoms with E-state index in [1.807, 2.05) is 18.2 Å². The van der Waals surface area contributed by atoms with Gasteiger partial charge in [0.2, 0.25) is 5.88 Å². The zero-order valence-corrected chi connectivity index (χ0v) is 11.6. The smallest absolute Gasteiger partial charge is 0.218 e. The summed E-state index contributed by atoms with van der Waals surface area (Å²) in [6, 6.07) is 12.3. The van der Waals surface area contributed by atoms with E-state index >= 15 is 0 Å². The number of ether oxygens (including phenoxy) is 1. The van der Waals surface area contributed by atoms with Crippen LogP contribution in [0, 0.1) is 0 Å². The minimum atomic E-state index is 0.477. The predicted octanol–water partition coefficient (Wildman–Crippen LogP) is 3.00. The highest BCUT2D eigenvalue weighted by atomic mass is 16.5. The summed E-state index contributed by atoms with van der Waals surface area (Å²) in [7, 11) is 0. The molecule has 0 amide bonds. The molecule has 0 fully saturated rings. The number of nitrogens with two attached hydrogens (primary N) is 1. The molecule has 104 valence electrons. The van der Waals surface area contributed by atoms with E-state index in [0.717, 1.165) is 24.0 Å². The number of nitrogens with zero attached hydrogens (tertiary/aromatic N) is 1. The van der Waals surface area contributed by atoms with Gasteiger partial charge in [-0.15, -0.1) is 0 Å². The minimum Gasteiger partial charge on any atom is -0.473 e. The van der Waals surface area contributed by atoms with Crippen LogP contribution in [0.1, 0.15) is 35.2 Å². The van der Waals surface area contributed by atoms with Crippen LogP contribution in [-0.2, 0) is 26.0 Å². The maximum absolute atomic E-state index is 5.89. The summed E-state index contributed by atoms with van der Waals surface area (Å²) < 4.78 is 5.89. The Morgan fingerprint density at radius 3 is 2.70 bits per heavy atom. The molecule has 1 aromatic heterocycles. The van der Waals surface area contributed by atoms with Crippen LogP contribution in [0.2, 0.25) is 0 Å². The third-order valence-electron chi connectivity index (χ3n) is 3.78. The van der Waals surface area contributed by atoms with Crippen molar-refractivity contribution in [1.82, 2.24) is 4.98 Å². The number of hydrogen-bond acceptors (Lipinski definition) is 3. The maximum Gasteiger partial charge on any atom is 0.218 e. The van der Waals surface area contributed by atoms with E-state index in [1.165, 1.54) is 24.1 Å². The zero-order chi connectivity index (χ0) is 13.8. The summed E-state index contributed by atoms with van der Waals surface area (Å²) in [6.45, 7) is 1.02. The van der Waals surface area contributed by atoms with Crippen molar-refractivity contribution in [2.75, 3.05) is 0 Å². The Bertz CT molecular complexity index is 581. The van der Waals surface area contributed by atoms with Crippen molar-refractivity contribution < 1.29 is 4.74 Å². The molecule has 0 radical (unpaired) electrons. The lowest BCUT2D eigenvalue weighted by atomic mass is 9.95. The second kappa shape index (κ2) is 6.06. The molecule has 0 bridgehead atoms. The van der Waals surface area contributed by atoms with Crippen LogP contribution in [0.3, 0.4) is 0 Å². The van der Waals surface area contributed by atoms with Gasteiger partial charge in [0, 0.05) is 17.8 Å². The van der Waals surface area contributed by atoms with Gasteiger partial charge in [-0.05, 0) is 42.9 Å². The first-order valence-corrected chi connectivity index (χ1v) is 7.25. The Balaban J connectivity index is 1.81. The van der Waals surface area contributed by atoms with E-state index in [1.54, 1.807) is 0 Å². The van der Waals surface area contributed by atoms with Crippen molar-refractivity contribution in [2.45, 2.75) is 38.8 Å². The summed E-state index contributed by atoms with van der Waals surface area (Å²) in [5.41, 5.74) is 10.5. The highest BCUT2D eigenvalue weighted by Gasteiger charge is 2.15. The molecule has 3 rings (SSSR count). The first-order valence-electron chi connectivity index (χ1n) is 7.25. The summed E-state index contributed by atoms with van der Waals surface area (Å²) in [5, 5.41) is 0. The number of fused-ring (bicyclic) bond motifs is 1. The molecule has 2 N–H and O–H groups in total. The molecule has 0 spiro atoms. The quantitative estimate of drug-likeness (QED) is 0.927.